The minimum absolute atomic E-state index is 0.000494. The fourth-order valence-corrected chi connectivity index (χ4v) is 4.27. The fourth-order valence-electron chi connectivity index (χ4n) is 4.08. The average molecular weight is 448 g/mol. The first-order valence-electron chi connectivity index (χ1n) is 9.97. The Morgan fingerprint density at radius 1 is 1.00 bits per heavy atom. The van der Waals surface area contributed by atoms with Gasteiger partial charge in [0.25, 0.3) is 11.7 Å². The lowest BCUT2D eigenvalue weighted by Gasteiger charge is -2.26. The van der Waals surface area contributed by atoms with Crippen LogP contribution < -0.4 is 14.4 Å². The molecule has 0 aromatic heterocycles. The number of carbonyl (C=O) groups is 2. The van der Waals surface area contributed by atoms with E-state index in [4.69, 9.17) is 21.1 Å². The van der Waals surface area contributed by atoms with Gasteiger partial charge < -0.3 is 14.6 Å². The molecule has 2 heterocycles. The number of rotatable bonds is 3. The number of hydrogen-bond donors (Lipinski definition) is 1. The van der Waals surface area contributed by atoms with E-state index in [1.165, 1.54) is 4.90 Å². The zero-order valence-electron chi connectivity index (χ0n) is 17.0. The Morgan fingerprint density at radius 2 is 1.78 bits per heavy atom. The van der Waals surface area contributed by atoms with Gasteiger partial charge in [0.15, 0.2) is 11.5 Å². The number of fused-ring (bicyclic) bond motifs is 1. The lowest BCUT2D eigenvalue weighted by molar-refractivity contribution is -0.132. The molecule has 2 aliphatic rings. The van der Waals surface area contributed by atoms with Crippen molar-refractivity contribution >= 4 is 34.7 Å². The van der Waals surface area contributed by atoms with Gasteiger partial charge in [-0.1, -0.05) is 53.6 Å². The maximum absolute atomic E-state index is 13.2. The van der Waals surface area contributed by atoms with Crippen LogP contribution in [0.5, 0.6) is 11.5 Å². The number of ketones is 1. The number of amides is 1. The van der Waals surface area contributed by atoms with Crippen LogP contribution in [0, 0.1) is 6.92 Å². The van der Waals surface area contributed by atoms with Crippen molar-refractivity contribution in [3.8, 4) is 11.5 Å². The molecule has 1 unspecified atom stereocenters. The van der Waals surface area contributed by atoms with Gasteiger partial charge in [-0.2, -0.15) is 0 Å². The molecule has 0 bridgehead atoms. The first-order valence-corrected chi connectivity index (χ1v) is 10.3. The zero-order chi connectivity index (χ0) is 22.4. The highest BCUT2D eigenvalue weighted by molar-refractivity contribution is 6.51. The topological polar surface area (TPSA) is 76.1 Å². The number of Topliss-reactive ketones (excluding diaryl/α,β-unsaturated/α-hetero) is 1. The van der Waals surface area contributed by atoms with Crippen molar-refractivity contribution in [1.82, 2.24) is 0 Å². The molecule has 0 spiro atoms. The third kappa shape index (κ3) is 3.29. The highest BCUT2D eigenvalue weighted by Crippen LogP contribution is 2.45. The lowest BCUT2D eigenvalue weighted by atomic mass is 9.94. The normalized spacial score (nSPS) is 18.9. The van der Waals surface area contributed by atoms with Gasteiger partial charge in [0.05, 0.1) is 11.6 Å². The summed E-state index contributed by atoms with van der Waals surface area (Å²) in [5, 5.41) is 11.5. The molecular formula is C25H18ClNO5. The maximum atomic E-state index is 13.2. The molecule has 160 valence electrons. The first kappa shape index (κ1) is 20.2. The molecule has 3 aromatic carbocycles. The van der Waals surface area contributed by atoms with Crippen LogP contribution in [0.3, 0.4) is 0 Å². The van der Waals surface area contributed by atoms with Gasteiger partial charge in [-0.25, -0.2) is 0 Å². The molecule has 0 aliphatic carbocycles. The summed E-state index contributed by atoms with van der Waals surface area (Å²) in [6, 6.07) is 18.3. The van der Waals surface area contributed by atoms with Crippen molar-refractivity contribution < 1.29 is 24.2 Å². The molecule has 6 nitrogen and oxygen atoms in total. The quantitative estimate of drug-likeness (QED) is 0.347. The number of carbonyl (C=O) groups excluding carboxylic acids is 2. The molecule has 1 atom stereocenters. The van der Waals surface area contributed by atoms with E-state index in [2.05, 4.69) is 0 Å². The van der Waals surface area contributed by atoms with Crippen LogP contribution in [-0.2, 0) is 9.59 Å². The van der Waals surface area contributed by atoms with E-state index in [-0.39, 0.29) is 18.1 Å². The van der Waals surface area contributed by atoms with Gasteiger partial charge in [0.1, 0.15) is 5.76 Å². The second-order valence-electron chi connectivity index (χ2n) is 7.63. The molecule has 1 saturated heterocycles. The Hall–Kier alpha value is -3.77. The minimum atomic E-state index is -0.825. The second-order valence-corrected chi connectivity index (χ2v) is 8.07. The Bertz CT molecular complexity index is 1300. The van der Waals surface area contributed by atoms with Gasteiger partial charge >= 0.3 is 0 Å². The summed E-state index contributed by atoms with van der Waals surface area (Å²) in [4.78, 5) is 27.8. The molecular weight excluding hydrogens is 430 g/mol. The van der Waals surface area contributed by atoms with Gasteiger partial charge in [-0.05, 0) is 36.8 Å². The second kappa shape index (κ2) is 7.73. The smallest absolute Gasteiger partial charge is 0.300 e. The van der Waals surface area contributed by atoms with Crippen molar-refractivity contribution in [1.29, 1.82) is 0 Å². The third-order valence-corrected chi connectivity index (χ3v) is 5.77. The van der Waals surface area contributed by atoms with Crippen molar-refractivity contribution in [2.24, 2.45) is 0 Å². The summed E-state index contributed by atoms with van der Waals surface area (Å²) in [6.07, 6.45) is 0. The molecule has 2 aliphatic heterocycles. The van der Waals surface area contributed by atoms with Crippen LogP contribution in [0.2, 0.25) is 5.02 Å². The Balaban J connectivity index is 1.72. The Labute approximate surface area is 189 Å². The third-order valence-electron chi connectivity index (χ3n) is 5.53. The number of ether oxygens (including phenoxy) is 2. The van der Waals surface area contributed by atoms with Crippen molar-refractivity contribution in [3.05, 3.63) is 94.0 Å². The number of benzene rings is 3. The Morgan fingerprint density at radius 3 is 2.56 bits per heavy atom. The zero-order valence-corrected chi connectivity index (χ0v) is 17.8. The maximum Gasteiger partial charge on any atom is 0.300 e. The van der Waals surface area contributed by atoms with Gasteiger partial charge in [0, 0.05) is 22.3 Å². The highest BCUT2D eigenvalue weighted by atomic mass is 35.5. The molecule has 32 heavy (non-hydrogen) atoms. The van der Waals surface area contributed by atoms with E-state index < -0.39 is 17.7 Å². The fraction of sp³-hybridized carbons (Fsp3) is 0.120. The van der Waals surface area contributed by atoms with Gasteiger partial charge in [0.2, 0.25) is 6.79 Å². The molecule has 1 fully saturated rings. The number of anilines is 1. The number of nitrogens with zero attached hydrogens (tertiary/aromatic N) is 1. The summed E-state index contributed by atoms with van der Waals surface area (Å²) in [5.41, 5.74) is 2.49. The van der Waals surface area contributed by atoms with Crippen LogP contribution in [-0.4, -0.2) is 23.6 Å². The standard InChI is InChI=1S/C25H18ClNO5/c1-14-4-2-5-15(10-14)22-21(23(28)16-6-3-7-17(26)11-16)24(29)25(30)27(22)18-8-9-19-20(12-18)32-13-31-19/h2-12,22,28H,13H2,1H3/b23-21+. The van der Waals surface area contributed by atoms with E-state index in [1.54, 1.807) is 42.5 Å². The molecule has 0 saturated carbocycles. The van der Waals surface area contributed by atoms with Crippen LogP contribution in [0.1, 0.15) is 22.7 Å². The SMILES string of the molecule is Cc1cccc(C2/C(=C(\O)c3cccc(Cl)c3)C(=O)C(=O)N2c2ccc3c(c2)OCO3)c1. The predicted octanol–water partition coefficient (Wildman–Crippen LogP) is 5.00. The van der Waals surface area contributed by atoms with E-state index in [1.807, 2.05) is 31.2 Å². The summed E-state index contributed by atoms with van der Waals surface area (Å²) in [6.45, 7) is 2.01. The predicted molar refractivity (Wildman–Crippen MR) is 120 cm³/mol. The number of halogens is 1. The van der Waals surface area contributed by atoms with Crippen LogP contribution >= 0.6 is 11.6 Å². The van der Waals surface area contributed by atoms with E-state index in [0.29, 0.717) is 33.3 Å². The van der Waals surface area contributed by atoms with E-state index >= 15 is 0 Å². The van der Waals surface area contributed by atoms with E-state index in [9.17, 15) is 14.7 Å². The molecule has 7 heteroatoms. The number of aliphatic hydroxyl groups is 1. The van der Waals surface area contributed by atoms with Crippen LogP contribution in [0.15, 0.2) is 72.3 Å². The Kier molecular flexibility index (Phi) is 4.87. The summed E-state index contributed by atoms with van der Waals surface area (Å²) in [5.74, 6) is -0.732. The molecule has 1 N–H and O–H groups in total. The van der Waals surface area contributed by atoms with E-state index in [0.717, 1.165) is 5.56 Å². The molecule has 3 aromatic rings. The van der Waals surface area contributed by atoms with Gasteiger partial charge in [-0.15, -0.1) is 0 Å². The van der Waals surface area contributed by atoms with Crippen LogP contribution in [0.25, 0.3) is 5.76 Å². The van der Waals surface area contributed by atoms with Crippen molar-refractivity contribution in [2.75, 3.05) is 11.7 Å². The number of aryl methyl sites for hydroxylation is 1. The van der Waals surface area contributed by atoms with Crippen LogP contribution in [0.4, 0.5) is 5.69 Å². The summed E-state index contributed by atoms with van der Waals surface area (Å²) >= 11 is 6.09. The summed E-state index contributed by atoms with van der Waals surface area (Å²) in [7, 11) is 0. The van der Waals surface area contributed by atoms with Crippen molar-refractivity contribution in [2.45, 2.75) is 13.0 Å². The van der Waals surface area contributed by atoms with Gasteiger partial charge in [-0.3, -0.25) is 14.5 Å². The summed E-state index contributed by atoms with van der Waals surface area (Å²) < 4.78 is 10.8. The number of aliphatic hydroxyl groups excluding tert-OH is 1. The number of hydrogen-bond acceptors (Lipinski definition) is 5. The van der Waals surface area contributed by atoms with Crippen molar-refractivity contribution in [3.63, 3.8) is 0 Å². The first-order chi connectivity index (χ1) is 15.4. The molecule has 5 rings (SSSR count). The lowest BCUT2D eigenvalue weighted by Crippen LogP contribution is -2.29. The minimum Gasteiger partial charge on any atom is -0.507 e. The monoisotopic (exact) mass is 447 g/mol. The average Bonchev–Trinajstić information content (AvgIpc) is 3.35. The molecule has 0 radical (unpaired) electrons. The largest absolute Gasteiger partial charge is 0.507 e. The molecule has 1 amide bonds. The highest BCUT2D eigenvalue weighted by Gasteiger charge is 2.47.